The lowest BCUT2D eigenvalue weighted by molar-refractivity contribution is 0.0880. The van der Waals surface area contributed by atoms with Gasteiger partial charge in [-0.15, -0.1) is 0 Å². The lowest BCUT2D eigenvalue weighted by atomic mass is 9.88. The first-order valence-electron chi connectivity index (χ1n) is 6.55. The van der Waals surface area contributed by atoms with Crippen LogP contribution in [0.15, 0.2) is 0 Å². The van der Waals surface area contributed by atoms with E-state index in [0.717, 1.165) is 39.0 Å². The van der Waals surface area contributed by atoms with E-state index >= 15 is 0 Å². The molecule has 2 rings (SSSR count). The van der Waals surface area contributed by atoms with Crippen molar-refractivity contribution in [1.82, 2.24) is 15.5 Å². The Kier molecular flexibility index (Phi) is 3.89. The normalized spacial score (nSPS) is 26.6. The van der Waals surface area contributed by atoms with E-state index in [1.54, 1.807) is 0 Å². The van der Waals surface area contributed by atoms with Crippen LogP contribution in [0.4, 0.5) is 4.79 Å². The fourth-order valence-corrected chi connectivity index (χ4v) is 2.94. The van der Waals surface area contributed by atoms with Crippen molar-refractivity contribution in [2.24, 2.45) is 0 Å². The maximum atomic E-state index is 10.7. The summed E-state index contributed by atoms with van der Waals surface area (Å²) in [7, 11) is 0. The number of amides is 1. The maximum absolute atomic E-state index is 10.7. The minimum Gasteiger partial charge on any atom is -0.465 e. The van der Waals surface area contributed by atoms with Crippen molar-refractivity contribution >= 4 is 6.09 Å². The van der Waals surface area contributed by atoms with E-state index in [1.165, 1.54) is 12.8 Å². The second-order valence-corrected chi connectivity index (χ2v) is 5.51. The summed E-state index contributed by atoms with van der Waals surface area (Å²) in [6, 6.07) is 0.700. The van der Waals surface area contributed by atoms with E-state index in [9.17, 15) is 4.79 Å². The molecule has 0 unspecified atom stereocenters. The average molecular weight is 241 g/mol. The fourth-order valence-electron chi connectivity index (χ4n) is 2.94. The number of piperidine rings is 2. The summed E-state index contributed by atoms with van der Waals surface area (Å²) in [5, 5.41) is 14.9. The number of likely N-dealkylation sites (tertiary alicyclic amines) is 1. The quantitative estimate of drug-likeness (QED) is 0.671. The Labute approximate surface area is 103 Å². The van der Waals surface area contributed by atoms with Gasteiger partial charge in [-0.25, -0.2) is 4.79 Å². The summed E-state index contributed by atoms with van der Waals surface area (Å²) in [5.41, 5.74) is -0.227. The summed E-state index contributed by atoms with van der Waals surface area (Å²) in [6.07, 6.45) is 3.39. The van der Waals surface area contributed by atoms with Gasteiger partial charge in [0.1, 0.15) is 0 Å². The first-order valence-corrected chi connectivity index (χ1v) is 6.55. The number of hydrogen-bond acceptors (Lipinski definition) is 3. The molecule has 0 aromatic rings. The highest BCUT2D eigenvalue weighted by atomic mass is 16.4. The van der Waals surface area contributed by atoms with E-state index < -0.39 is 6.09 Å². The van der Waals surface area contributed by atoms with Gasteiger partial charge in [0.05, 0.1) is 0 Å². The maximum Gasteiger partial charge on any atom is 0.405 e. The van der Waals surface area contributed by atoms with E-state index in [1.807, 2.05) is 6.92 Å². The molecule has 1 amide bonds. The Balaban J connectivity index is 1.82. The smallest absolute Gasteiger partial charge is 0.405 e. The third-order valence-corrected chi connectivity index (χ3v) is 4.14. The Bertz CT molecular complexity index is 269. The Morgan fingerprint density at radius 1 is 1.35 bits per heavy atom. The Morgan fingerprint density at radius 3 is 2.47 bits per heavy atom. The van der Waals surface area contributed by atoms with Crippen molar-refractivity contribution in [3.05, 3.63) is 0 Å². The molecule has 2 fully saturated rings. The summed E-state index contributed by atoms with van der Waals surface area (Å²) in [4.78, 5) is 13.3. The van der Waals surface area contributed by atoms with E-state index in [-0.39, 0.29) is 5.54 Å². The van der Waals surface area contributed by atoms with Crippen LogP contribution in [0, 0.1) is 0 Å². The predicted molar refractivity (Wildman–Crippen MR) is 66.3 cm³/mol. The van der Waals surface area contributed by atoms with Gasteiger partial charge in [-0.05, 0) is 45.7 Å². The molecule has 0 spiro atoms. The highest BCUT2D eigenvalue weighted by Gasteiger charge is 2.34. The van der Waals surface area contributed by atoms with Gasteiger partial charge in [-0.3, -0.25) is 0 Å². The standard InChI is InChI=1S/C12H23N3O2/c1-12(14-11(16)17)4-8-15(9-5-12)10-2-6-13-7-3-10/h10,13-14H,2-9H2,1H3,(H,16,17). The highest BCUT2D eigenvalue weighted by molar-refractivity contribution is 5.65. The first-order chi connectivity index (χ1) is 8.09. The third kappa shape index (κ3) is 3.33. The minimum absolute atomic E-state index is 0.227. The summed E-state index contributed by atoms with van der Waals surface area (Å²) >= 11 is 0. The molecule has 2 aliphatic heterocycles. The Hall–Kier alpha value is -0.810. The zero-order chi connectivity index (χ0) is 12.3. The molecule has 17 heavy (non-hydrogen) atoms. The molecule has 0 radical (unpaired) electrons. The van der Waals surface area contributed by atoms with Gasteiger partial charge in [-0.2, -0.15) is 0 Å². The molecule has 0 atom stereocenters. The number of carboxylic acid groups (broad SMARTS) is 1. The van der Waals surface area contributed by atoms with Gasteiger partial charge in [0, 0.05) is 24.7 Å². The number of rotatable bonds is 2. The van der Waals surface area contributed by atoms with Crippen LogP contribution < -0.4 is 10.6 Å². The van der Waals surface area contributed by atoms with E-state index in [2.05, 4.69) is 15.5 Å². The van der Waals surface area contributed by atoms with Crippen LogP contribution in [0.1, 0.15) is 32.6 Å². The number of carbonyl (C=O) groups is 1. The third-order valence-electron chi connectivity index (χ3n) is 4.14. The molecule has 0 aromatic heterocycles. The molecule has 2 heterocycles. The molecule has 5 heteroatoms. The molecule has 2 aliphatic rings. The lowest BCUT2D eigenvalue weighted by Gasteiger charge is -2.43. The van der Waals surface area contributed by atoms with Gasteiger partial charge in [-0.1, -0.05) is 0 Å². The number of nitrogens with one attached hydrogen (secondary N) is 2. The number of nitrogens with zero attached hydrogens (tertiary/aromatic N) is 1. The van der Waals surface area contributed by atoms with Crippen LogP contribution in [0.3, 0.4) is 0 Å². The summed E-state index contributed by atoms with van der Waals surface area (Å²) < 4.78 is 0. The molecular formula is C12H23N3O2. The van der Waals surface area contributed by atoms with Crippen molar-refractivity contribution in [2.75, 3.05) is 26.2 Å². The van der Waals surface area contributed by atoms with Gasteiger partial charge >= 0.3 is 6.09 Å². The number of hydrogen-bond donors (Lipinski definition) is 3. The van der Waals surface area contributed by atoms with Crippen molar-refractivity contribution in [1.29, 1.82) is 0 Å². The van der Waals surface area contributed by atoms with Gasteiger partial charge in [0.15, 0.2) is 0 Å². The van der Waals surface area contributed by atoms with E-state index in [0.29, 0.717) is 6.04 Å². The monoisotopic (exact) mass is 241 g/mol. The van der Waals surface area contributed by atoms with Gasteiger partial charge < -0.3 is 20.6 Å². The van der Waals surface area contributed by atoms with E-state index in [4.69, 9.17) is 5.11 Å². The topological polar surface area (TPSA) is 64.6 Å². The average Bonchev–Trinajstić information content (AvgIpc) is 2.29. The van der Waals surface area contributed by atoms with Crippen LogP contribution in [0.25, 0.3) is 0 Å². The molecule has 0 bridgehead atoms. The SMILES string of the molecule is CC1(NC(=O)O)CCN(C2CCNCC2)CC1. The van der Waals surface area contributed by atoms with Crippen LogP contribution >= 0.6 is 0 Å². The molecule has 0 saturated carbocycles. The van der Waals surface area contributed by atoms with Crippen molar-refractivity contribution in [3.63, 3.8) is 0 Å². The molecule has 98 valence electrons. The van der Waals surface area contributed by atoms with Crippen LogP contribution in [0.5, 0.6) is 0 Å². The largest absolute Gasteiger partial charge is 0.465 e. The predicted octanol–water partition coefficient (Wildman–Crippen LogP) is 0.860. The van der Waals surface area contributed by atoms with Crippen molar-refractivity contribution < 1.29 is 9.90 Å². The van der Waals surface area contributed by atoms with Crippen molar-refractivity contribution in [3.8, 4) is 0 Å². The van der Waals surface area contributed by atoms with Crippen molar-refractivity contribution in [2.45, 2.75) is 44.2 Å². The molecule has 3 N–H and O–H groups in total. The molecule has 5 nitrogen and oxygen atoms in total. The van der Waals surface area contributed by atoms with Crippen LogP contribution in [-0.2, 0) is 0 Å². The summed E-state index contributed by atoms with van der Waals surface area (Å²) in [6.45, 7) is 6.28. The molecule has 0 aliphatic carbocycles. The van der Waals surface area contributed by atoms with Gasteiger partial charge in [0.2, 0.25) is 0 Å². The second-order valence-electron chi connectivity index (χ2n) is 5.51. The molecule has 0 aromatic carbocycles. The zero-order valence-electron chi connectivity index (χ0n) is 10.5. The minimum atomic E-state index is -0.900. The zero-order valence-corrected chi connectivity index (χ0v) is 10.5. The molecular weight excluding hydrogens is 218 g/mol. The fraction of sp³-hybridized carbons (Fsp3) is 0.917. The Morgan fingerprint density at radius 2 is 1.94 bits per heavy atom. The first kappa shape index (κ1) is 12.6. The van der Waals surface area contributed by atoms with Crippen LogP contribution in [0.2, 0.25) is 0 Å². The summed E-state index contributed by atoms with van der Waals surface area (Å²) in [5.74, 6) is 0. The van der Waals surface area contributed by atoms with Gasteiger partial charge in [0.25, 0.3) is 0 Å². The van der Waals surface area contributed by atoms with Crippen LogP contribution in [-0.4, -0.2) is 53.9 Å². The highest BCUT2D eigenvalue weighted by Crippen LogP contribution is 2.25. The molecule has 2 saturated heterocycles. The lowest BCUT2D eigenvalue weighted by Crippen LogP contribution is -2.55. The second kappa shape index (κ2) is 5.23.